The van der Waals surface area contributed by atoms with E-state index in [4.69, 9.17) is 4.74 Å². The first kappa shape index (κ1) is 14.9. The van der Waals surface area contributed by atoms with Crippen molar-refractivity contribution in [2.75, 3.05) is 5.32 Å². The molecule has 21 heavy (non-hydrogen) atoms. The predicted octanol–water partition coefficient (Wildman–Crippen LogP) is 2.12. The van der Waals surface area contributed by atoms with Crippen LogP contribution < -0.4 is 10.1 Å². The molecule has 1 aromatic heterocycles. The average Bonchev–Trinajstić information content (AvgIpc) is 2.47. The Morgan fingerprint density at radius 2 is 2.29 bits per heavy atom. The number of amides is 1. The van der Waals surface area contributed by atoms with Crippen LogP contribution in [-0.2, 0) is 11.4 Å². The lowest BCUT2D eigenvalue weighted by Gasteiger charge is -2.15. The Labute approximate surface area is 121 Å². The molecule has 0 fully saturated rings. The van der Waals surface area contributed by atoms with E-state index >= 15 is 0 Å². The molecule has 0 aliphatic carbocycles. The minimum absolute atomic E-state index is 0.211. The standard InChI is InChI=1S/C15H15FN2O3/c1-10(21-13-4-2-3-12(16)7-13)15(20)18-14-8-17-6-5-11(14)9-19/h2-8,10,19H,9H2,1H3,(H,18,20). The third-order valence-electron chi connectivity index (χ3n) is 2.82. The van der Waals surface area contributed by atoms with Gasteiger partial charge in [-0.05, 0) is 25.1 Å². The maximum absolute atomic E-state index is 13.0. The Bertz CT molecular complexity index is 634. The molecule has 1 unspecified atom stereocenters. The fourth-order valence-electron chi connectivity index (χ4n) is 1.71. The van der Waals surface area contributed by atoms with E-state index in [0.29, 0.717) is 11.3 Å². The summed E-state index contributed by atoms with van der Waals surface area (Å²) in [5.41, 5.74) is 0.969. The van der Waals surface area contributed by atoms with Crippen LogP contribution in [0.1, 0.15) is 12.5 Å². The number of rotatable bonds is 5. The molecule has 0 aliphatic rings. The van der Waals surface area contributed by atoms with Crippen molar-refractivity contribution < 1.29 is 19.0 Å². The van der Waals surface area contributed by atoms with Crippen molar-refractivity contribution in [3.8, 4) is 5.75 Å². The van der Waals surface area contributed by atoms with Gasteiger partial charge in [0.15, 0.2) is 6.10 Å². The van der Waals surface area contributed by atoms with Gasteiger partial charge in [-0.1, -0.05) is 6.07 Å². The lowest BCUT2D eigenvalue weighted by Crippen LogP contribution is -2.30. The molecule has 0 bridgehead atoms. The summed E-state index contributed by atoms with van der Waals surface area (Å²) in [4.78, 5) is 15.9. The first-order valence-corrected chi connectivity index (χ1v) is 6.37. The van der Waals surface area contributed by atoms with Crippen LogP contribution >= 0.6 is 0 Å². The lowest BCUT2D eigenvalue weighted by molar-refractivity contribution is -0.122. The number of aromatic nitrogens is 1. The van der Waals surface area contributed by atoms with Gasteiger partial charge >= 0.3 is 0 Å². The van der Waals surface area contributed by atoms with Crippen LogP contribution in [0.25, 0.3) is 0 Å². The lowest BCUT2D eigenvalue weighted by atomic mass is 10.2. The highest BCUT2D eigenvalue weighted by atomic mass is 19.1. The van der Waals surface area contributed by atoms with Crippen LogP contribution in [0.2, 0.25) is 0 Å². The minimum Gasteiger partial charge on any atom is -0.481 e. The maximum atomic E-state index is 13.0. The number of nitrogens with one attached hydrogen (secondary N) is 1. The van der Waals surface area contributed by atoms with Crippen LogP contribution in [0.5, 0.6) is 5.75 Å². The van der Waals surface area contributed by atoms with Gasteiger partial charge in [-0.3, -0.25) is 9.78 Å². The zero-order chi connectivity index (χ0) is 15.2. The summed E-state index contributed by atoms with van der Waals surface area (Å²) in [7, 11) is 0. The molecule has 0 spiro atoms. The van der Waals surface area contributed by atoms with E-state index in [2.05, 4.69) is 10.3 Å². The topological polar surface area (TPSA) is 71.5 Å². The highest BCUT2D eigenvalue weighted by molar-refractivity contribution is 5.94. The molecule has 0 radical (unpaired) electrons. The summed E-state index contributed by atoms with van der Waals surface area (Å²) < 4.78 is 18.4. The number of ether oxygens (including phenoxy) is 1. The molecule has 1 amide bonds. The summed E-state index contributed by atoms with van der Waals surface area (Å²) in [6.07, 6.45) is 2.14. The zero-order valence-electron chi connectivity index (χ0n) is 11.4. The SMILES string of the molecule is CC(Oc1cccc(F)c1)C(=O)Nc1cnccc1CO. The predicted molar refractivity (Wildman–Crippen MR) is 75.3 cm³/mol. The molecule has 1 aromatic carbocycles. The zero-order valence-corrected chi connectivity index (χ0v) is 11.4. The van der Waals surface area contributed by atoms with Gasteiger partial charge in [0.1, 0.15) is 11.6 Å². The number of pyridine rings is 1. The molecule has 2 N–H and O–H groups in total. The van der Waals surface area contributed by atoms with Gasteiger partial charge in [-0.15, -0.1) is 0 Å². The second-order valence-electron chi connectivity index (χ2n) is 4.40. The smallest absolute Gasteiger partial charge is 0.265 e. The number of carbonyl (C=O) groups is 1. The van der Waals surface area contributed by atoms with Crippen molar-refractivity contribution in [2.45, 2.75) is 19.6 Å². The Morgan fingerprint density at radius 1 is 1.48 bits per heavy atom. The number of carbonyl (C=O) groups excluding carboxylic acids is 1. The normalized spacial score (nSPS) is 11.8. The average molecular weight is 290 g/mol. The van der Waals surface area contributed by atoms with Crippen LogP contribution in [0.4, 0.5) is 10.1 Å². The minimum atomic E-state index is -0.821. The van der Waals surface area contributed by atoms with Crippen LogP contribution in [0.15, 0.2) is 42.7 Å². The third-order valence-corrected chi connectivity index (χ3v) is 2.82. The van der Waals surface area contributed by atoms with Gasteiger partial charge in [-0.25, -0.2) is 4.39 Å². The number of aliphatic hydroxyl groups excluding tert-OH is 1. The number of nitrogens with zero attached hydrogens (tertiary/aromatic N) is 1. The number of hydrogen-bond acceptors (Lipinski definition) is 4. The van der Waals surface area contributed by atoms with E-state index in [-0.39, 0.29) is 12.4 Å². The van der Waals surface area contributed by atoms with E-state index < -0.39 is 17.8 Å². The summed E-state index contributed by atoms with van der Waals surface area (Å²) in [6.45, 7) is 1.34. The fourth-order valence-corrected chi connectivity index (χ4v) is 1.71. The van der Waals surface area contributed by atoms with Crippen molar-refractivity contribution in [1.29, 1.82) is 0 Å². The van der Waals surface area contributed by atoms with Crippen LogP contribution in [0, 0.1) is 5.82 Å². The molecule has 110 valence electrons. The molecule has 0 aliphatic heterocycles. The summed E-state index contributed by atoms with van der Waals surface area (Å²) in [6, 6.07) is 7.16. The molecule has 6 heteroatoms. The monoisotopic (exact) mass is 290 g/mol. The first-order chi connectivity index (χ1) is 10.1. The highest BCUT2D eigenvalue weighted by Crippen LogP contribution is 2.16. The number of anilines is 1. The molecule has 1 heterocycles. The largest absolute Gasteiger partial charge is 0.481 e. The van der Waals surface area contributed by atoms with Crippen LogP contribution in [-0.4, -0.2) is 22.1 Å². The fraction of sp³-hybridized carbons (Fsp3) is 0.200. The van der Waals surface area contributed by atoms with Crippen molar-refractivity contribution in [2.24, 2.45) is 0 Å². The maximum Gasteiger partial charge on any atom is 0.265 e. The van der Waals surface area contributed by atoms with Gasteiger partial charge in [0.2, 0.25) is 0 Å². The molecule has 5 nitrogen and oxygen atoms in total. The van der Waals surface area contributed by atoms with Gasteiger partial charge in [0, 0.05) is 17.8 Å². The van der Waals surface area contributed by atoms with E-state index in [9.17, 15) is 14.3 Å². The summed E-state index contributed by atoms with van der Waals surface area (Å²) in [5.74, 6) is -0.580. The number of hydrogen-bond donors (Lipinski definition) is 2. The molecular weight excluding hydrogens is 275 g/mol. The first-order valence-electron chi connectivity index (χ1n) is 6.37. The Balaban J connectivity index is 2.02. The number of benzene rings is 1. The van der Waals surface area contributed by atoms with Gasteiger partial charge in [0.25, 0.3) is 5.91 Å². The van der Waals surface area contributed by atoms with Crippen molar-refractivity contribution in [3.05, 3.63) is 54.1 Å². The van der Waals surface area contributed by atoms with E-state index in [1.807, 2.05) is 0 Å². The molecule has 2 aromatic rings. The quantitative estimate of drug-likeness (QED) is 0.885. The molecule has 0 saturated carbocycles. The second kappa shape index (κ2) is 6.81. The van der Waals surface area contributed by atoms with Crippen LogP contribution in [0.3, 0.4) is 0 Å². The molecular formula is C15H15FN2O3. The van der Waals surface area contributed by atoms with E-state index in [1.165, 1.54) is 30.6 Å². The van der Waals surface area contributed by atoms with Gasteiger partial charge < -0.3 is 15.2 Å². The third kappa shape index (κ3) is 4.00. The Kier molecular flexibility index (Phi) is 4.84. The number of aliphatic hydroxyl groups is 1. The Hall–Kier alpha value is -2.47. The summed E-state index contributed by atoms with van der Waals surface area (Å²) in [5, 5.41) is 11.8. The van der Waals surface area contributed by atoms with Crippen molar-refractivity contribution >= 4 is 11.6 Å². The highest BCUT2D eigenvalue weighted by Gasteiger charge is 2.16. The van der Waals surface area contributed by atoms with E-state index in [0.717, 1.165) is 0 Å². The molecule has 2 rings (SSSR count). The van der Waals surface area contributed by atoms with Gasteiger partial charge in [0.05, 0.1) is 18.5 Å². The van der Waals surface area contributed by atoms with E-state index in [1.54, 1.807) is 19.1 Å². The van der Waals surface area contributed by atoms with Crippen molar-refractivity contribution in [3.63, 3.8) is 0 Å². The summed E-state index contributed by atoms with van der Waals surface area (Å²) >= 11 is 0. The number of halogens is 1. The van der Waals surface area contributed by atoms with Gasteiger partial charge in [-0.2, -0.15) is 0 Å². The van der Waals surface area contributed by atoms with Crippen molar-refractivity contribution in [1.82, 2.24) is 4.98 Å². The second-order valence-corrected chi connectivity index (χ2v) is 4.40. The Morgan fingerprint density at radius 3 is 3.00 bits per heavy atom. The molecule has 0 saturated heterocycles. The molecule has 1 atom stereocenters.